The van der Waals surface area contributed by atoms with Gasteiger partial charge in [0.25, 0.3) is 10.2 Å². The Hall–Kier alpha value is -0.740. The minimum atomic E-state index is -3.44. The molecule has 2 aliphatic heterocycles. The van der Waals surface area contributed by atoms with Crippen LogP contribution in [0.3, 0.4) is 0 Å². The first-order valence-electron chi connectivity index (χ1n) is 7.35. The van der Waals surface area contributed by atoms with Crippen molar-refractivity contribution in [3.05, 3.63) is 0 Å². The summed E-state index contributed by atoms with van der Waals surface area (Å²) >= 11 is 0. The lowest BCUT2D eigenvalue weighted by Crippen LogP contribution is -2.58. The van der Waals surface area contributed by atoms with Gasteiger partial charge in [0, 0.05) is 39.3 Å². The van der Waals surface area contributed by atoms with Gasteiger partial charge in [0.15, 0.2) is 0 Å². The van der Waals surface area contributed by atoms with E-state index >= 15 is 0 Å². The van der Waals surface area contributed by atoms with Gasteiger partial charge < -0.3 is 15.4 Å². The molecule has 3 rings (SSSR count). The van der Waals surface area contributed by atoms with Crippen LogP contribution in [0.4, 0.5) is 0 Å². The third-order valence-electron chi connectivity index (χ3n) is 4.36. The predicted molar refractivity (Wildman–Crippen MR) is 75.6 cm³/mol. The van der Waals surface area contributed by atoms with Crippen LogP contribution in [0.1, 0.15) is 12.8 Å². The van der Waals surface area contributed by atoms with E-state index in [2.05, 4.69) is 0 Å². The summed E-state index contributed by atoms with van der Waals surface area (Å²) < 4.78 is 33.1. The molecule has 1 aliphatic carbocycles. The Kier molecular flexibility index (Phi) is 3.95. The first-order valence-corrected chi connectivity index (χ1v) is 8.74. The number of piperazine rings is 1. The lowest BCUT2D eigenvalue weighted by Gasteiger charge is -2.38. The molecular weight excluding hydrogens is 296 g/mol. The Balaban J connectivity index is 1.58. The highest BCUT2D eigenvalue weighted by atomic mass is 32.2. The molecule has 2 saturated heterocycles. The van der Waals surface area contributed by atoms with Crippen molar-refractivity contribution in [2.24, 2.45) is 5.73 Å². The predicted octanol–water partition coefficient (Wildman–Crippen LogP) is -1.80. The van der Waals surface area contributed by atoms with Crippen molar-refractivity contribution in [2.75, 3.05) is 52.5 Å². The Labute approximate surface area is 125 Å². The Morgan fingerprint density at radius 2 is 1.48 bits per heavy atom. The van der Waals surface area contributed by atoms with Gasteiger partial charge in [-0.25, -0.2) is 0 Å². The summed E-state index contributed by atoms with van der Waals surface area (Å²) in [5.41, 5.74) is 5.24. The van der Waals surface area contributed by atoms with Gasteiger partial charge in [-0.15, -0.1) is 0 Å². The molecule has 1 amide bonds. The van der Waals surface area contributed by atoms with Gasteiger partial charge >= 0.3 is 0 Å². The number of hydrogen-bond donors (Lipinski definition) is 1. The first kappa shape index (κ1) is 15.2. The molecule has 3 aliphatic rings. The van der Waals surface area contributed by atoms with Crippen LogP contribution in [0.15, 0.2) is 0 Å². The minimum absolute atomic E-state index is 0.0362. The summed E-state index contributed by atoms with van der Waals surface area (Å²) in [5.74, 6) is -0.0362. The van der Waals surface area contributed by atoms with Crippen LogP contribution < -0.4 is 5.73 Å². The van der Waals surface area contributed by atoms with Crippen LogP contribution in [0, 0.1) is 0 Å². The maximum Gasteiger partial charge on any atom is 0.282 e. The van der Waals surface area contributed by atoms with Crippen LogP contribution in [-0.2, 0) is 19.7 Å². The standard InChI is InChI=1S/C12H22N4O4S/c13-12(1-2-12)11(17)14-3-5-15(6-4-14)21(18,19)16-7-9-20-10-8-16/h1-10,13H2. The molecule has 0 unspecified atom stereocenters. The molecule has 1 saturated carbocycles. The maximum atomic E-state index is 12.5. The number of carbonyl (C=O) groups is 1. The fraction of sp³-hybridized carbons (Fsp3) is 0.917. The van der Waals surface area contributed by atoms with E-state index in [0.29, 0.717) is 52.5 Å². The summed E-state index contributed by atoms with van der Waals surface area (Å²) in [7, 11) is -3.44. The molecule has 0 bridgehead atoms. The molecule has 0 aromatic heterocycles. The molecule has 120 valence electrons. The second-order valence-electron chi connectivity index (χ2n) is 5.87. The fourth-order valence-electron chi connectivity index (χ4n) is 2.73. The van der Waals surface area contributed by atoms with Crippen molar-refractivity contribution in [3.8, 4) is 0 Å². The van der Waals surface area contributed by atoms with Crippen molar-refractivity contribution >= 4 is 16.1 Å². The van der Waals surface area contributed by atoms with E-state index in [1.54, 1.807) is 4.90 Å². The van der Waals surface area contributed by atoms with Gasteiger partial charge in [-0.1, -0.05) is 0 Å². The number of rotatable bonds is 3. The topological polar surface area (TPSA) is 96.2 Å². The van der Waals surface area contributed by atoms with E-state index in [0.717, 1.165) is 12.8 Å². The first-order chi connectivity index (χ1) is 9.93. The maximum absolute atomic E-state index is 12.5. The highest BCUT2D eigenvalue weighted by molar-refractivity contribution is 7.86. The van der Waals surface area contributed by atoms with Gasteiger partial charge in [-0.05, 0) is 12.8 Å². The molecule has 2 N–H and O–H groups in total. The number of nitrogens with two attached hydrogens (primary N) is 1. The number of ether oxygens (including phenoxy) is 1. The summed E-state index contributed by atoms with van der Waals surface area (Å²) in [5, 5.41) is 0. The third kappa shape index (κ3) is 2.93. The SMILES string of the molecule is NC1(C(=O)N2CCN(S(=O)(=O)N3CCOCC3)CC2)CC1. The van der Waals surface area contributed by atoms with Crippen LogP contribution in [0.5, 0.6) is 0 Å². The average Bonchev–Trinajstić information content (AvgIpc) is 3.26. The molecule has 0 radical (unpaired) electrons. The van der Waals surface area contributed by atoms with Crippen molar-refractivity contribution in [1.82, 2.24) is 13.5 Å². The Bertz CT molecular complexity index is 505. The van der Waals surface area contributed by atoms with Gasteiger partial charge in [0.2, 0.25) is 5.91 Å². The van der Waals surface area contributed by atoms with Crippen LogP contribution in [0.2, 0.25) is 0 Å². The lowest BCUT2D eigenvalue weighted by atomic mass is 10.2. The molecule has 2 heterocycles. The van der Waals surface area contributed by atoms with Crippen molar-refractivity contribution < 1.29 is 17.9 Å². The Morgan fingerprint density at radius 3 is 2.00 bits per heavy atom. The fourth-order valence-corrected chi connectivity index (χ4v) is 4.29. The summed E-state index contributed by atoms with van der Waals surface area (Å²) in [6, 6.07) is 0. The van der Waals surface area contributed by atoms with Crippen molar-refractivity contribution in [2.45, 2.75) is 18.4 Å². The monoisotopic (exact) mass is 318 g/mol. The molecule has 0 aromatic carbocycles. The van der Waals surface area contributed by atoms with E-state index in [1.165, 1.54) is 8.61 Å². The highest BCUT2D eigenvalue weighted by Crippen LogP contribution is 2.34. The van der Waals surface area contributed by atoms with Gasteiger partial charge in [0.05, 0.1) is 18.8 Å². The average molecular weight is 318 g/mol. The van der Waals surface area contributed by atoms with E-state index in [4.69, 9.17) is 10.5 Å². The zero-order valence-corrected chi connectivity index (χ0v) is 12.8. The lowest BCUT2D eigenvalue weighted by molar-refractivity contribution is -0.134. The Morgan fingerprint density at radius 1 is 0.952 bits per heavy atom. The zero-order chi connectivity index (χ0) is 15.1. The number of nitrogens with zero attached hydrogens (tertiary/aromatic N) is 3. The number of amides is 1. The smallest absolute Gasteiger partial charge is 0.282 e. The van der Waals surface area contributed by atoms with Crippen LogP contribution in [-0.4, -0.2) is 85.9 Å². The molecule has 9 heteroatoms. The van der Waals surface area contributed by atoms with Crippen molar-refractivity contribution in [1.29, 1.82) is 0 Å². The third-order valence-corrected chi connectivity index (χ3v) is 6.40. The molecule has 8 nitrogen and oxygen atoms in total. The van der Waals surface area contributed by atoms with E-state index in [-0.39, 0.29) is 5.91 Å². The zero-order valence-electron chi connectivity index (χ0n) is 12.0. The molecule has 21 heavy (non-hydrogen) atoms. The van der Waals surface area contributed by atoms with Crippen LogP contribution in [0.25, 0.3) is 0 Å². The summed E-state index contributed by atoms with van der Waals surface area (Å²) in [6.07, 6.45) is 1.47. The molecule has 0 aromatic rings. The largest absolute Gasteiger partial charge is 0.379 e. The molecular formula is C12H22N4O4S. The van der Waals surface area contributed by atoms with Gasteiger partial charge in [0.1, 0.15) is 0 Å². The molecule has 0 spiro atoms. The molecule has 3 fully saturated rings. The van der Waals surface area contributed by atoms with Gasteiger partial charge in [-0.3, -0.25) is 4.79 Å². The minimum Gasteiger partial charge on any atom is -0.379 e. The van der Waals surface area contributed by atoms with Gasteiger partial charge in [-0.2, -0.15) is 17.0 Å². The number of hydrogen-bond acceptors (Lipinski definition) is 5. The van der Waals surface area contributed by atoms with Crippen molar-refractivity contribution in [3.63, 3.8) is 0 Å². The summed E-state index contributed by atoms with van der Waals surface area (Å²) in [6.45, 7) is 3.17. The second kappa shape index (κ2) is 5.47. The van der Waals surface area contributed by atoms with E-state index in [9.17, 15) is 13.2 Å². The van der Waals surface area contributed by atoms with Crippen LogP contribution >= 0.6 is 0 Å². The van der Waals surface area contributed by atoms with E-state index in [1.807, 2.05) is 0 Å². The second-order valence-corrected chi connectivity index (χ2v) is 7.80. The molecule has 0 atom stereocenters. The van der Waals surface area contributed by atoms with E-state index < -0.39 is 15.7 Å². The number of carbonyl (C=O) groups excluding carboxylic acids is 1. The summed E-state index contributed by atoms with van der Waals surface area (Å²) in [4.78, 5) is 13.8. The number of morpholine rings is 1. The highest BCUT2D eigenvalue weighted by Gasteiger charge is 2.49. The normalized spacial score (nSPS) is 27.6. The quantitative estimate of drug-likeness (QED) is 0.662.